The molecular formula is C65H102O32. The molecule has 0 amide bonds. The number of hydrogen-bond donors (Lipinski definition) is 16. The summed E-state index contributed by atoms with van der Waals surface area (Å²) in [7, 11) is 0. The maximum atomic E-state index is 15.7. The molecule has 16 N–H and O–H groups in total. The summed E-state index contributed by atoms with van der Waals surface area (Å²) in [4.78, 5) is 39.6. The van der Waals surface area contributed by atoms with Gasteiger partial charge in [0.25, 0.3) is 0 Å². The number of fused-ring (bicyclic) bond motifs is 7. The lowest BCUT2D eigenvalue weighted by atomic mass is 9.33. The molecule has 35 unspecified atom stereocenters. The molecule has 4 saturated carbocycles. The fourth-order valence-electron chi connectivity index (χ4n) is 18.9. The van der Waals surface area contributed by atoms with E-state index in [4.69, 9.17) is 61.6 Å². The molecule has 0 aromatic heterocycles. The third kappa shape index (κ3) is 13.0. The molecule has 0 bridgehead atoms. The van der Waals surface area contributed by atoms with Gasteiger partial charge in [0.1, 0.15) is 115 Å². The third-order valence-corrected chi connectivity index (χ3v) is 24.8. The molecule has 0 radical (unpaired) electrons. The van der Waals surface area contributed by atoms with E-state index >= 15 is 4.79 Å². The van der Waals surface area contributed by atoms with Crippen LogP contribution in [0.5, 0.6) is 0 Å². The third-order valence-electron chi connectivity index (χ3n) is 24.8. The minimum atomic E-state index is -2.17. The zero-order valence-corrected chi connectivity index (χ0v) is 56.0. The van der Waals surface area contributed by atoms with E-state index < -0.39 is 250 Å². The fourth-order valence-corrected chi connectivity index (χ4v) is 18.9. The summed E-state index contributed by atoms with van der Waals surface area (Å²) in [5.41, 5.74) is -5.15. The van der Waals surface area contributed by atoms with Crippen molar-refractivity contribution < 1.29 is 158 Å². The van der Waals surface area contributed by atoms with Gasteiger partial charge in [-0.1, -0.05) is 60.1 Å². The highest BCUT2D eigenvalue weighted by atomic mass is 16.8. The van der Waals surface area contributed by atoms with Gasteiger partial charge in [0, 0.05) is 6.92 Å². The van der Waals surface area contributed by atoms with Crippen LogP contribution >= 0.6 is 0 Å². The molecule has 5 aliphatic carbocycles. The number of aliphatic hydroxyl groups excluding tert-OH is 14. The van der Waals surface area contributed by atoms with Gasteiger partial charge in [-0.05, 0) is 110 Å². The summed E-state index contributed by atoms with van der Waals surface area (Å²) in [6.45, 7) is 14.2. The smallest absolute Gasteiger partial charge is 0.335 e. The summed E-state index contributed by atoms with van der Waals surface area (Å²) in [5, 5.41) is 178. The first-order chi connectivity index (χ1) is 45.3. The number of carboxylic acids is 1. The molecule has 11 aliphatic rings. The summed E-state index contributed by atoms with van der Waals surface area (Å²) < 4.78 is 77.1. The minimum absolute atomic E-state index is 0.0225. The first kappa shape index (κ1) is 75.3. The Bertz CT molecular complexity index is 2850. The molecule has 554 valence electrons. The van der Waals surface area contributed by atoms with E-state index in [1.807, 2.05) is 0 Å². The quantitative estimate of drug-likeness (QED) is 0.0400. The SMILES string of the molecule is CC(=O)OCC1OC(OC2C(O)C(OC3C(OC(=O)C45CCC(C)(C)CC4C4=CCC6C7(C)CCC(OC8OC(C(=O)O)C(O)C(O)C8O)C(C)(C)C7CCC6(C)C4(C)CC5O)OCC(O)C3O)OC(C)C2OC2OCC(O)C(OC3OCC(O)(CO)C3O)C2O)C(O)C(O)C1O. The molecule has 6 saturated heterocycles. The molecule has 0 aromatic rings. The van der Waals surface area contributed by atoms with Crippen LogP contribution in [0.4, 0.5) is 0 Å². The highest BCUT2D eigenvalue weighted by Gasteiger charge is 2.73. The topological polar surface area (TPSA) is 495 Å². The van der Waals surface area contributed by atoms with Crippen molar-refractivity contribution >= 4 is 17.9 Å². The van der Waals surface area contributed by atoms with Crippen LogP contribution in [-0.4, -0.2) is 304 Å². The van der Waals surface area contributed by atoms with Crippen LogP contribution in [-0.2, 0) is 76.0 Å². The number of ether oxygens (including phenoxy) is 13. The summed E-state index contributed by atoms with van der Waals surface area (Å²) in [5.74, 6) is -3.73. The molecule has 0 spiro atoms. The zero-order valence-electron chi connectivity index (χ0n) is 56.0. The monoisotopic (exact) mass is 1390 g/mol. The number of carboxylic acid groups (broad SMARTS) is 1. The van der Waals surface area contributed by atoms with Crippen LogP contribution in [0.25, 0.3) is 0 Å². The summed E-state index contributed by atoms with van der Waals surface area (Å²) in [6, 6.07) is 0. The average molecular weight is 1400 g/mol. The minimum Gasteiger partial charge on any atom is -0.479 e. The van der Waals surface area contributed by atoms with Crippen LogP contribution in [0.2, 0.25) is 0 Å². The van der Waals surface area contributed by atoms with Gasteiger partial charge in [-0.3, -0.25) is 9.59 Å². The number of allylic oxidation sites excluding steroid dienone is 2. The Kier molecular flexibility index (Phi) is 21.4. The van der Waals surface area contributed by atoms with Gasteiger partial charge >= 0.3 is 17.9 Å². The number of esters is 2. The van der Waals surface area contributed by atoms with Crippen LogP contribution in [0.1, 0.15) is 120 Å². The van der Waals surface area contributed by atoms with Crippen LogP contribution in [0.3, 0.4) is 0 Å². The highest BCUT2D eigenvalue weighted by Crippen LogP contribution is 2.76. The predicted molar refractivity (Wildman–Crippen MR) is 320 cm³/mol. The molecule has 0 aromatic carbocycles. The van der Waals surface area contributed by atoms with Gasteiger partial charge in [-0.15, -0.1) is 0 Å². The van der Waals surface area contributed by atoms with Gasteiger partial charge in [-0.2, -0.15) is 0 Å². The summed E-state index contributed by atoms with van der Waals surface area (Å²) in [6.07, 6.45) is -40.7. The number of aliphatic hydroxyl groups is 15. The Labute approximate surface area is 560 Å². The molecule has 97 heavy (non-hydrogen) atoms. The molecule has 10 fully saturated rings. The van der Waals surface area contributed by atoms with E-state index in [-0.39, 0.29) is 35.5 Å². The maximum absolute atomic E-state index is 15.7. The molecular weight excluding hydrogens is 1290 g/mol. The Morgan fingerprint density at radius 1 is 0.588 bits per heavy atom. The number of aliphatic carboxylic acids is 1. The van der Waals surface area contributed by atoms with Crippen LogP contribution < -0.4 is 0 Å². The van der Waals surface area contributed by atoms with E-state index in [9.17, 15) is 91.3 Å². The highest BCUT2D eigenvalue weighted by molar-refractivity contribution is 5.80. The Morgan fingerprint density at radius 2 is 1.20 bits per heavy atom. The van der Waals surface area contributed by atoms with Crippen molar-refractivity contribution in [1.82, 2.24) is 0 Å². The number of hydrogen-bond acceptors (Lipinski definition) is 31. The van der Waals surface area contributed by atoms with Gasteiger partial charge in [0.15, 0.2) is 43.7 Å². The first-order valence-corrected chi connectivity index (χ1v) is 33.8. The molecule has 11 rings (SSSR count). The van der Waals surface area contributed by atoms with E-state index in [0.29, 0.717) is 44.9 Å². The van der Waals surface area contributed by atoms with Gasteiger partial charge in [-0.25, -0.2) is 4.79 Å². The lowest BCUT2D eigenvalue weighted by Crippen LogP contribution is -2.68. The van der Waals surface area contributed by atoms with E-state index in [0.717, 1.165) is 12.5 Å². The lowest BCUT2D eigenvalue weighted by molar-refractivity contribution is -0.394. The number of carbonyl (C=O) groups excluding carboxylic acids is 2. The first-order valence-electron chi connectivity index (χ1n) is 33.8. The second kappa shape index (κ2) is 27.6. The largest absolute Gasteiger partial charge is 0.479 e. The average Bonchev–Trinajstić information content (AvgIpc) is 0.983. The van der Waals surface area contributed by atoms with Crippen molar-refractivity contribution in [2.24, 2.45) is 50.2 Å². The lowest BCUT2D eigenvalue weighted by Gasteiger charge is -2.71. The van der Waals surface area contributed by atoms with Crippen molar-refractivity contribution in [3.8, 4) is 0 Å². The molecule has 6 aliphatic heterocycles. The van der Waals surface area contributed by atoms with Crippen molar-refractivity contribution in [2.45, 2.75) is 292 Å². The summed E-state index contributed by atoms with van der Waals surface area (Å²) >= 11 is 0. The second-order valence-electron chi connectivity index (χ2n) is 31.4. The maximum Gasteiger partial charge on any atom is 0.335 e. The fraction of sp³-hybridized carbons (Fsp3) is 0.923. The van der Waals surface area contributed by atoms with Crippen LogP contribution in [0, 0.1) is 50.2 Å². The van der Waals surface area contributed by atoms with Gasteiger partial charge in [0.2, 0.25) is 6.29 Å². The van der Waals surface area contributed by atoms with E-state index in [2.05, 4.69) is 54.5 Å². The van der Waals surface area contributed by atoms with E-state index in [1.165, 1.54) is 6.92 Å². The van der Waals surface area contributed by atoms with Gasteiger partial charge in [0.05, 0.1) is 44.7 Å². The van der Waals surface area contributed by atoms with Crippen molar-refractivity contribution in [3.63, 3.8) is 0 Å². The Morgan fingerprint density at radius 3 is 1.86 bits per heavy atom. The van der Waals surface area contributed by atoms with Crippen molar-refractivity contribution in [3.05, 3.63) is 11.6 Å². The number of carbonyl (C=O) groups is 3. The molecule has 35 atom stereocenters. The van der Waals surface area contributed by atoms with Crippen molar-refractivity contribution in [2.75, 3.05) is 33.0 Å². The predicted octanol–water partition coefficient (Wildman–Crippen LogP) is -3.81. The standard InChI is InChI=1S/C65H102O32/c1-25-45(92-52-43(78)46(30(69)21-86-52)93-57-50(80)64(84,23-66)24-88-57)47(94-53-41(76)38(73)37(72)31(90-53)22-85-26(2)67)44(79)55(89-25)96-49-36(71)29(68)20-87-56(49)97-58(83)65-17-16-59(3,4)18-28(65)27-10-11-33-61(7)14-13-35(91-54-42(77)39(74)40(75)48(95-54)51(81)82)60(5,6)32(61)12-15-62(33,8)63(27,9)19-34(65)70/h10,25,28-50,52-57,66,68-80,84H,11-24H2,1-9H3,(H,81,82). The van der Waals surface area contributed by atoms with Crippen molar-refractivity contribution in [1.29, 1.82) is 0 Å². The van der Waals surface area contributed by atoms with Crippen LogP contribution in [0.15, 0.2) is 11.6 Å². The molecule has 6 heterocycles. The second-order valence-corrected chi connectivity index (χ2v) is 31.4. The molecule has 32 nitrogen and oxygen atoms in total. The Hall–Kier alpha value is -2.89. The zero-order chi connectivity index (χ0) is 70.9. The van der Waals surface area contributed by atoms with Gasteiger partial charge < -0.3 is 143 Å². The number of rotatable bonds is 16. The van der Waals surface area contributed by atoms with E-state index in [1.54, 1.807) is 0 Å². The normalized spacial score (nSPS) is 52.7. The Balaban J connectivity index is 0.845. The molecule has 32 heteroatoms.